The fraction of sp³-hybridized carbons (Fsp3) is 0.294. The van der Waals surface area contributed by atoms with Crippen LogP contribution in [0.25, 0.3) is 0 Å². The van der Waals surface area contributed by atoms with Crippen molar-refractivity contribution in [3.05, 3.63) is 71.8 Å². The fourth-order valence-electron chi connectivity index (χ4n) is 3.39. The second-order valence-electron chi connectivity index (χ2n) is 5.20. The first kappa shape index (κ1) is 14.1. The molecule has 0 bridgehead atoms. The Morgan fingerprint density at radius 1 is 0.842 bits per heavy atom. The molecular formula is C17H20ClN. The second-order valence-corrected chi connectivity index (χ2v) is 5.20. The van der Waals surface area contributed by atoms with Gasteiger partial charge in [-0.3, -0.25) is 0 Å². The Balaban J connectivity index is 0.00000133. The van der Waals surface area contributed by atoms with Crippen molar-refractivity contribution < 1.29 is 0 Å². The predicted octanol–water partition coefficient (Wildman–Crippen LogP) is 3.91. The van der Waals surface area contributed by atoms with Gasteiger partial charge in [0, 0.05) is 11.5 Å². The van der Waals surface area contributed by atoms with Gasteiger partial charge in [0.2, 0.25) is 0 Å². The highest BCUT2D eigenvalue weighted by Crippen LogP contribution is 2.45. The van der Waals surface area contributed by atoms with E-state index in [1.165, 1.54) is 17.5 Å². The first-order chi connectivity index (χ1) is 8.84. The van der Waals surface area contributed by atoms with Crippen molar-refractivity contribution in [2.24, 2.45) is 5.73 Å². The van der Waals surface area contributed by atoms with Crippen molar-refractivity contribution >= 4 is 12.4 Å². The van der Waals surface area contributed by atoms with Crippen molar-refractivity contribution in [2.75, 3.05) is 0 Å². The third kappa shape index (κ3) is 2.29. The number of benzene rings is 2. The molecular weight excluding hydrogens is 254 g/mol. The van der Waals surface area contributed by atoms with Crippen LogP contribution in [0.1, 0.15) is 30.4 Å². The molecule has 19 heavy (non-hydrogen) atoms. The van der Waals surface area contributed by atoms with Gasteiger partial charge >= 0.3 is 0 Å². The van der Waals surface area contributed by atoms with Crippen LogP contribution in [-0.2, 0) is 5.41 Å². The van der Waals surface area contributed by atoms with E-state index < -0.39 is 0 Å². The minimum atomic E-state index is 0. The average Bonchev–Trinajstić information content (AvgIpc) is 2.84. The Hall–Kier alpha value is -1.31. The number of rotatable bonds is 2. The molecule has 0 amide bonds. The summed E-state index contributed by atoms with van der Waals surface area (Å²) in [5.74, 6) is 0. The van der Waals surface area contributed by atoms with E-state index in [2.05, 4.69) is 60.7 Å². The van der Waals surface area contributed by atoms with Gasteiger partial charge in [0.05, 0.1) is 0 Å². The van der Waals surface area contributed by atoms with Gasteiger partial charge in [-0.25, -0.2) is 0 Å². The average molecular weight is 274 g/mol. The minimum absolute atomic E-state index is 0. The fourth-order valence-corrected chi connectivity index (χ4v) is 3.39. The molecule has 0 saturated heterocycles. The van der Waals surface area contributed by atoms with Crippen LogP contribution in [0.3, 0.4) is 0 Å². The summed E-state index contributed by atoms with van der Waals surface area (Å²) in [4.78, 5) is 0. The van der Waals surface area contributed by atoms with Gasteiger partial charge in [-0.1, -0.05) is 67.1 Å². The zero-order valence-electron chi connectivity index (χ0n) is 11.0. The first-order valence-corrected chi connectivity index (χ1v) is 6.71. The van der Waals surface area contributed by atoms with E-state index in [1.807, 2.05) is 0 Å². The monoisotopic (exact) mass is 273 g/mol. The summed E-state index contributed by atoms with van der Waals surface area (Å²) in [6.45, 7) is 0. The van der Waals surface area contributed by atoms with Gasteiger partial charge in [-0.15, -0.1) is 12.4 Å². The van der Waals surface area contributed by atoms with Crippen LogP contribution < -0.4 is 5.73 Å². The summed E-state index contributed by atoms with van der Waals surface area (Å²) in [7, 11) is 0. The van der Waals surface area contributed by atoms with Gasteiger partial charge in [-0.05, 0) is 24.0 Å². The SMILES string of the molecule is Cl.NC1CCCC1(c1ccccc1)c1ccccc1. The van der Waals surface area contributed by atoms with Crippen molar-refractivity contribution in [3.63, 3.8) is 0 Å². The summed E-state index contributed by atoms with van der Waals surface area (Å²) in [5, 5.41) is 0. The standard InChI is InChI=1S/C17H19N.ClH/c18-16-12-7-13-17(16,14-8-3-1-4-9-14)15-10-5-2-6-11-15;/h1-6,8-11,16H,7,12-13,18H2;1H. The van der Waals surface area contributed by atoms with Crippen molar-refractivity contribution in [1.82, 2.24) is 0 Å². The molecule has 0 aromatic heterocycles. The highest BCUT2D eigenvalue weighted by molar-refractivity contribution is 5.85. The zero-order chi connectivity index (χ0) is 12.4. The largest absolute Gasteiger partial charge is 0.327 e. The molecule has 0 spiro atoms. The Morgan fingerprint density at radius 3 is 1.68 bits per heavy atom. The second kappa shape index (κ2) is 5.77. The molecule has 1 atom stereocenters. The van der Waals surface area contributed by atoms with Gasteiger partial charge in [0.1, 0.15) is 0 Å². The highest BCUT2D eigenvalue weighted by atomic mass is 35.5. The zero-order valence-corrected chi connectivity index (χ0v) is 11.8. The smallest absolute Gasteiger partial charge is 0.0353 e. The molecule has 0 radical (unpaired) electrons. The Kier molecular flexibility index (Phi) is 4.28. The summed E-state index contributed by atoms with van der Waals surface area (Å²) >= 11 is 0. The number of hydrogen-bond donors (Lipinski definition) is 1. The lowest BCUT2D eigenvalue weighted by Crippen LogP contribution is -2.41. The molecule has 100 valence electrons. The van der Waals surface area contributed by atoms with E-state index in [-0.39, 0.29) is 23.9 Å². The molecule has 1 aliphatic carbocycles. The van der Waals surface area contributed by atoms with E-state index in [1.54, 1.807) is 0 Å². The molecule has 1 unspecified atom stereocenters. The molecule has 2 N–H and O–H groups in total. The Morgan fingerprint density at radius 2 is 1.32 bits per heavy atom. The molecule has 2 aromatic rings. The van der Waals surface area contributed by atoms with E-state index in [4.69, 9.17) is 5.73 Å². The van der Waals surface area contributed by atoms with E-state index >= 15 is 0 Å². The third-order valence-electron chi connectivity index (χ3n) is 4.30. The maximum atomic E-state index is 6.48. The number of halogens is 1. The van der Waals surface area contributed by atoms with Crippen LogP contribution in [0.2, 0.25) is 0 Å². The first-order valence-electron chi connectivity index (χ1n) is 6.71. The Labute approximate surface area is 121 Å². The van der Waals surface area contributed by atoms with Gasteiger partial charge in [-0.2, -0.15) is 0 Å². The van der Waals surface area contributed by atoms with E-state index in [9.17, 15) is 0 Å². The van der Waals surface area contributed by atoms with E-state index in [0.717, 1.165) is 12.8 Å². The topological polar surface area (TPSA) is 26.0 Å². The van der Waals surface area contributed by atoms with Gasteiger partial charge in [0.25, 0.3) is 0 Å². The normalized spacial score (nSPS) is 20.8. The summed E-state index contributed by atoms with van der Waals surface area (Å²) in [6, 6.07) is 21.7. The van der Waals surface area contributed by atoms with Crippen molar-refractivity contribution in [3.8, 4) is 0 Å². The molecule has 1 nitrogen and oxygen atoms in total. The molecule has 1 fully saturated rings. The quantitative estimate of drug-likeness (QED) is 0.882. The van der Waals surface area contributed by atoms with E-state index in [0.29, 0.717) is 0 Å². The van der Waals surface area contributed by atoms with Gasteiger partial charge in [0.15, 0.2) is 0 Å². The number of nitrogens with two attached hydrogens (primary N) is 1. The molecule has 1 aliphatic rings. The highest BCUT2D eigenvalue weighted by Gasteiger charge is 2.43. The molecule has 1 saturated carbocycles. The minimum Gasteiger partial charge on any atom is -0.327 e. The van der Waals surface area contributed by atoms with Crippen LogP contribution >= 0.6 is 12.4 Å². The molecule has 0 heterocycles. The van der Waals surface area contributed by atoms with Crippen LogP contribution in [0.5, 0.6) is 0 Å². The maximum Gasteiger partial charge on any atom is 0.0353 e. The van der Waals surface area contributed by atoms with Crippen molar-refractivity contribution in [2.45, 2.75) is 30.7 Å². The lowest BCUT2D eigenvalue weighted by atomic mass is 9.71. The number of hydrogen-bond acceptors (Lipinski definition) is 1. The maximum absolute atomic E-state index is 6.48. The summed E-state index contributed by atoms with van der Waals surface area (Å²) in [6.07, 6.45) is 3.48. The summed E-state index contributed by atoms with van der Waals surface area (Å²) < 4.78 is 0. The molecule has 3 rings (SSSR count). The van der Waals surface area contributed by atoms with Crippen LogP contribution in [0.15, 0.2) is 60.7 Å². The van der Waals surface area contributed by atoms with Crippen LogP contribution in [0.4, 0.5) is 0 Å². The predicted molar refractivity (Wildman–Crippen MR) is 82.7 cm³/mol. The third-order valence-corrected chi connectivity index (χ3v) is 4.30. The van der Waals surface area contributed by atoms with Crippen LogP contribution in [-0.4, -0.2) is 6.04 Å². The van der Waals surface area contributed by atoms with Crippen molar-refractivity contribution in [1.29, 1.82) is 0 Å². The summed E-state index contributed by atoms with van der Waals surface area (Å²) in [5.41, 5.74) is 9.22. The lowest BCUT2D eigenvalue weighted by Gasteiger charge is -2.35. The van der Waals surface area contributed by atoms with Gasteiger partial charge < -0.3 is 5.73 Å². The van der Waals surface area contributed by atoms with Crippen LogP contribution in [0, 0.1) is 0 Å². The lowest BCUT2D eigenvalue weighted by molar-refractivity contribution is 0.467. The Bertz CT molecular complexity index is 470. The molecule has 0 aliphatic heterocycles. The molecule has 2 heteroatoms. The molecule has 2 aromatic carbocycles.